The highest BCUT2D eigenvalue weighted by Gasteiger charge is 2.25. The Morgan fingerprint density at radius 1 is 1.12 bits per heavy atom. The quantitative estimate of drug-likeness (QED) is 0.295. The Morgan fingerprint density at radius 3 is 2.70 bits per heavy atom. The van der Waals surface area contributed by atoms with E-state index in [-0.39, 0.29) is 11.5 Å². The van der Waals surface area contributed by atoms with Crippen molar-refractivity contribution in [2.75, 3.05) is 5.32 Å². The van der Waals surface area contributed by atoms with Gasteiger partial charge >= 0.3 is 0 Å². The predicted octanol–water partition coefficient (Wildman–Crippen LogP) is 5.75. The summed E-state index contributed by atoms with van der Waals surface area (Å²) in [5.41, 5.74) is 3.73. The van der Waals surface area contributed by atoms with E-state index in [2.05, 4.69) is 5.32 Å². The maximum Gasteiger partial charge on any atom is 0.267 e. The Kier molecular flexibility index (Phi) is 6.08. The molecule has 0 spiro atoms. The molecule has 4 aromatic rings. The second-order valence-corrected chi connectivity index (χ2v) is 10.8. The minimum atomic E-state index is -0.430. The lowest BCUT2D eigenvalue weighted by Crippen LogP contribution is -2.26. The molecule has 1 N–H and O–H groups in total. The van der Waals surface area contributed by atoms with Gasteiger partial charge in [-0.1, -0.05) is 42.1 Å². The molecular weight excluding hydrogens is 450 g/mol. The summed E-state index contributed by atoms with van der Waals surface area (Å²) in [5.74, 6) is -0.123. The lowest BCUT2D eigenvalue weighted by atomic mass is 9.97. The summed E-state index contributed by atoms with van der Waals surface area (Å²) in [6.45, 7) is 3.86. The number of anilines is 1. The van der Waals surface area contributed by atoms with E-state index in [1.165, 1.54) is 22.2 Å². The Bertz CT molecular complexity index is 1390. The van der Waals surface area contributed by atoms with Gasteiger partial charge in [0.15, 0.2) is 5.16 Å². The largest absolute Gasteiger partial charge is 0.325 e. The topological polar surface area (TPSA) is 64.0 Å². The van der Waals surface area contributed by atoms with Gasteiger partial charge in [-0.2, -0.15) is 0 Å². The maximum atomic E-state index is 13.9. The maximum absolute atomic E-state index is 13.9. The van der Waals surface area contributed by atoms with E-state index in [1.54, 1.807) is 15.9 Å². The van der Waals surface area contributed by atoms with Gasteiger partial charge in [0.2, 0.25) is 5.91 Å². The number of hydrogen-bond donors (Lipinski definition) is 1. The standard InChI is InChI=1S/C26H25N3O2S2/c1-16-9-8-12-19(15-16)29-25(31)22-20-13-6-7-14-21(20)33-24(22)28-26(29)32-17(2)23(30)27-18-10-4-3-5-11-18/h3-5,8-12,15,17H,6-7,13-14H2,1-2H3,(H,27,30)/t17-/m1/s1. The molecule has 2 heterocycles. The van der Waals surface area contributed by atoms with Crippen molar-refractivity contribution >= 4 is 44.9 Å². The summed E-state index contributed by atoms with van der Waals surface area (Å²) in [5, 5.41) is 3.82. The van der Waals surface area contributed by atoms with E-state index in [0.717, 1.165) is 52.8 Å². The number of rotatable bonds is 5. The number of benzene rings is 2. The lowest BCUT2D eigenvalue weighted by molar-refractivity contribution is -0.115. The summed E-state index contributed by atoms with van der Waals surface area (Å²) in [4.78, 5) is 33.7. The minimum Gasteiger partial charge on any atom is -0.325 e. The Morgan fingerprint density at radius 2 is 1.91 bits per heavy atom. The molecule has 0 unspecified atom stereocenters. The molecular formula is C26H25N3O2S2. The van der Waals surface area contributed by atoms with Gasteiger partial charge in [0.05, 0.1) is 16.3 Å². The molecule has 7 heteroatoms. The molecule has 2 aromatic heterocycles. The number of nitrogens with one attached hydrogen (secondary N) is 1. The van der Waals surface area contributed by atoms with Crippen molar-refractivity contribution in [2.24, 2.45) is 0 Å². The Balaban J connectivity index is 1.59. The highest BCUT2D eigenvalue weighted by Crippen LogP contribution is 2.36. The van der Waals surface area contributed by atoms with Gasteiger partial charge in [-0.3, -0.25) is 14.2 Å². The number of thiophene rings is 1. The molecule has 1 aliphatic carbocycles. The first-order valence-electron chi connectivity index (χ1n) is 11.2. The first-order valence-corrected chi connectivity index (χ1v) is 12.9. The van der Waals surface area contributed by atoms with Gasteiger partial charge in [-0.15, -0.1) is 11.3 Å². The number of aromatic nitrogens is 2. The SMILES string of the molecule is Cc1cccc(-n2c(S[C@H](C)C(=O)Nc3ccccc3)nc3sc4c(c3c2=O)CCCC4)c1. The molecule has 0 aliphatic heterocycles. The van der Waals surface area contributed by atoms with Crippen LogP contribution in [0.3, 0.4) is 0 Å². The van der Waals surface area contributed by atoms with Crippen LogP contribution in [0, 0.1) is 6.92 Å². The van der Waals surface area contributed by atoms with Crippen LogP contribution in [0.4, 0.5) is 5.69 Å². The predicted molar refractivity (Wildman–Crippen MR) is 137 cm³/mol. The van der Waals surface area contributed by atoms with Crippen LogP contribution in [-0.4, -0.2) is 20.7 Å². The molecule has 5 rings (SSSR count). The van der Waals surface area contributed by atoms with Crippen LogP contribution in [-0.2, 0) is 17.6 Å². The highest BCUT2D eigenvalue weighted by molar-refractivity contribution is 8.00. The summed E-state index contributed by atoms with van der Waals surface area (Å²) >= 11 is 2.95. The van der Waals surface area contributed by atoms with Gasteiger partial charge in [0, 0.05) is 10.6 Å². The van der Waals surface area contributed by atoms with Crippen LogP contribution in [0.2, 0.25) is 0 Å². The fourth-order valence-electron chi connectivity index (χ4n) is 4.24. The molecule has 1 atom stereocenters. The number of aryl methyl sites for hydroxylation is 3. The Labute approximate surface area is 200 Å². The van der Waals surface area contributed by atoms with E-state index in [4.69, 9.17) is 4.98 Å². The van der Waals surface area contributed by atoms with Crippen LogP contribution in [0.1, 0.15) is 35.8 Å². The number of carbonyl (C=O) groups is 1. The third kappa shape index (κ3) is 4.35. The zero-order chi connectivity index (χ0) is 22.9. The molecule has 33 heavy (non-hydrogen) atoms. The molecule has 1 amide bonds. The van der Waals surface area contributed by atoms with E-state index in [0.29, 0.717) is 5.16 Å². The van der Waals surface area contributed by atoms with E-state index >= 15 is 0 Å². The monoisotopic (exact) mass is 475 g/mol. The van der Waals surface area contributed by atoms with Gasteiger partial charge in [0.25, 0.3) is 5.56 Å². The summed E-state index contributed by atoms with van der Waals surface area (Å²) in [6.07, 6.45) is 4.21. The lowest BCUT2D eigenvalue weighted by Gasteiger charge is -2.16. The van der Waals surface area contributed by atoms with Gasteiger partial charge in [0.1, 0.15) is 4.83 Å². The number of thioether (sulfide) groups is 1. The molecule has 1 aliphatic rings. The molecule has 2 aromatic carbocycles. The zero-order valence-corrected chi connectivity index (χ0v) is 20.3. The molecule has 0 radical (unpaired) electrons. The highest BCUT2D eigenvalue weighted by atomic mass is 32.2. The van der Waals surface area contributed by atoms with Crippen molar-refractivity contribution in [3.05, 3.63) is 81.0 Å². The van der Waals surface area contributed by atoms with E-state index in [9.17, 15) is 9.59 Å². The van der Waals surface area contributed by atoms with Crippen LogP contribution in [0.15, 0.2) is 64.5 Å². The normalized spacial score (nSPS) is 14.1. The number of nitrogens with zero attached hydrogens (tertiary/aromatic N) is 2. The molecule has 0 bridgehead atoms. The molecule has 0 fully saturated rings. The average Bonchev–Trinajstić information content (AvgIpc) is 3.18. The van der Waals surface area contributed by atoms with Crippen LogP contribution in [0.25, 0.3) is 15.9 Å². The summed E-state index contributed by atoms with van der Waals surface area (Å²) in [6, 6.07) is 17.3. The van der Waals surface area contributed by atoms with Crippen molar-refractivity contribution in [3.8, 4) is 5.69 Å². The third-order valence-electron chi connectivity index (χ3n) is 5.91. The van der Waals surface area contributed by atoms with Crippen LogP contribution in [0.5, 0.6) is 0 Å². The van der Waals surface area contributed by atoms with Crippen molar-refractivity contribution in [3.63, 3.8) is 0 Å². The van der Waals surface area contributed by atoms with E-state index < -0.39 is 5.25 Å². The number of para-hydroxylation sites is 1. The minimum absolute atomic E-state index is 0.0387. The van der Waals surface area contributed by atoms with Gasteiger partial charge in [-0.25, -0.2) is 4.98 Å². The third-order valence-corrected chi connectivity index (χ3v) is 8.15. The Hall–Kier alpha value is -2.90. The number of carbonyl (C=O) groups excluding carboxylic acids is 1. The first-order chi connectivity index (χ1) is 16.0. The van der Waals surface area contributed by atoms with Gasteiger partial charge < -0.3 is 5.32 Å². The number of hydrogen-bond acceptors (Lipinski definition) is 5. The van der Waals surface area contributed by atoms with E-state index in [1.807, 2.05) is 68.4 Å². The molecule has 5 nitrogen and oxygen atoms in total. The fraction of sp³-hybridized carbons (Fsp3) is 0.269. The van der Waals surface area contributed by atoms with Gasteiger partial charge in [-0.05, 0) is 74.9 Å². The second kappa shape index (κ2) is 9.15. The molecule has 168 valence electrons. The smallest absolute Gasteiger partial charge is 0.267 e. The second-order valence-electron chi connectivity index (χ2n) is 8.38. The summed E-state index contributed by atoms with van der Waals surface area (Å²) < 4.78 is 1.69. The molecule has 0 saturated heterocycles. The molecule has 0 saturated carbocycles. The van der Waals surface area contributed by atoms with Crippen LogP contribution >= 0.6 is 23.1 Å². The average molecular weight is 476 g/mol. The fourth-order valence-corrected chi connectivity index (χ4v) is 6.47. The van der Waals surface area contributed by atoms with Crippen molar-refractivity contribution < 1.29 is 4.79 Å². The zero-order valence-electron chi connectivity index (χ0n) is 18.6. The number of amides is 1. The van der Waals surface area contributed by atoms with Crippen molar-refractivity contribution in [2.45, 2.75) is 49.9 Å². The number of fused-ring (bicyclic) bond motifs is 3. The van der Waals surface area contributed by atoms with Crippen LogP contribution < -0.4 is 10.9 Å². The van der Waals surface area contributed by atoms with Crippen molar-refractivity contribution in [1.82, 2.24) is 9.55 Å². The first kappa shape index (κ1) is 21.9. The van der Waals surface area contributed by atoms with Crippen molar-refractivity contribution in [1.29, 1.82) is 0 Å². The summed E-state index contributed by atoms with van der Waals surface area (Å²) in [7, 11) is 0.